The molecular weight excluding hydrogens is 290 g/mol. The van der Waals surface area contributed by atoms with Crippen molar-refractivity contribution in [3.05, 3.63) is 29.8 Å². The van der Waals surface area contributed by atoms with Gasteiger partial charge in [-0.15, -0.1) is 10.2 Å². The lowest BCUT2D eigenvalue weighted by Gasteiger charge is -2.29. The number of aryl methyl sites for hydroxylation is 1. The molecule has 1 aromatic carbocycles. The Bertz CT molecular complexity index is 664. The van der Waals surface area contributed by atoms with Gasteiger partial charge in [0.15, 0.2) is 0 Å². The smallest absolute Gasteiger partial charge is 0.243 e. The fraction of sp³-hybridized carbons (Fsp3) is 0.529. The number of nitrogens with zero attached hydrogens (tertiary/aromatic N) is 4. The van der Waals surface area contributed by atoms with Crippen LogP contribution in [0, 0.1) is 12.8 Å². The largest absolute Gasteiger partial charge is 0.351 e. The topological polar surface area (TPSA) is 72.7 Å². The van der Waals surface area contributed by atoms with E-state index in [0.717, 1.165) is 12.0 Å². The molecule has 1 amide bonds. The second-order valence-electron chi connectivity index (χ2n) is 6.45. The van der Waals surface area contributed by atoms with Crippen molar-refractivity contribution in [1.29, 1.82) is 0 Å². The second-order valence-corrected chi connectivity index (χ2v) is 6.45. The summed E-state index contributed by atoms with van der Waals surface area (Å²) in [5.74, 6) is 1.04. The molecular formula is C17H23N5O. The summed E-state index contributed by atoms with van der Waals surface area (Å²) in [6.45, 7) is 4.35. The first-order chi connectivity index (χ1) is 11.1. The van der Waals surface area contributed by atoms with Crippen molar-refractivity contribution in [1.82, 2.24) is 25.5 Å². The van der Waals surface area contributed by atoms with Gasteiger partial charge in [-0.05, 0) is 30.9 Å². The molecule has 1 saturated carbocycles. The van der Waals surface area contributed by atoms with Crippen LogP contribution in [0.4, 0.5) is 0 Å². The fourth-order valence-electron chi connectivity index (χ4n) is 3.04. The van der Waals surface area contributed by atoms with E-state index in [9.17, 15) is 4.79 Å². The number of hydrogen-bond donors (Lipinski definition) is 1. The van der Waals surface area contributed by atoms with E-state index in [0.29, 0.717) is 11.7 Å². The SMILES string of the molecule is Cc1ccc(-c2nnn(CC(=O)NC3CCCCC3C)n2)cc1. The minimum absolute atomic E-state index is 0.0448. The molecule has 1 heterocycles. The normalized spacial score (nSPS) is 21.1. The van der Waals surface area contributed by atoms with Gasteiger partial charge in [-0.2, -0.15) is 4.80 Å². The number of tetrazole rings is 1. The fourth-order valence-corrected chi connectivity index (χ4v) is 3.04. The molecule has 1 aliphatic rings. The minimum atomic E-state index is -0.0448. The molecule has 0 aliphatic heterocycles. The summed E-state index contributed by atoms with van der Waals surface area (Å²) in [6, 6.07) is 8.21. The zero-order chi connectivity index (χ0) is 16.2. The van der Waals surface area contributed by atoms with Gasteiger partial charge in [-0.1, -0.05) is 49.6 Å². The molecule has 1 fully saturated rings. The van der Waals surface area contributed by atoms with Crippen molar-refractivity contribution in [3.63, 3.8) is 0 Å². The quantitative estimate of drug-likeness (QED) is 0.940. The molecule has 2 unspecified atom stereocenters. The van der Waals surface area contributed by atoms with Crippen molar-refractivity contribution in [2.24, 2.45) is 5.92 Å². The summed E-state index contributed by atoms with van der Waals surface area (Å²) in [5.41, 5.74) is 2.09. The van der Waals surface area contributed by atoms with Crippen molar-refractivity contribution in [2.75, 3.05) is 0 Å². The molecule has 1 aromatic heterocycles. The van der Waals surface area contributed by atoms with E-state index in [1.54, 1.807) is 0 Å². The number of benzene rings is 1. The van der Waals surface area contributed by atoms with Gasteiger partial charge >= 0.3 is 0 Å². The highest BCUT2D eigenvalue weighted by atomic mass is 16.2. The van der Waals surface area contributed by atoms with E-state index in [-0.39, 0.29) is 18.5 Å². The van der Waals surface area contributed by atoms with Gasteiger partial charge in [0.25, 0.3) is 0 Å². The Morgan fingerprint density at radius 1 is 1.26 bits per heavy atom. The summed E-state index contributed by atoms with van der Waals surface area (Å²) in [7, 11) is 0. The van der Waals surface area contributed by atoms with Gasteiger partial charge in [-0.3, -0.25) is 4.79 Å². The standard InChI is InChI=1S/C17H23N5O/c1-12-7-9-14(10-8-12)17-19-21-22(20-17)11-16(23)18-15-6-4-3-5-13(15)2/h7-10,13,15H,3-6,11H2,1-2H3,(H,18,23). The maximum absolute atomic E-state index is 12.2. The maximum Gasteiger partial charge on any atom is 0.243 e. The van der Waals surface area contributed by atoms with Gasteiger partial charge in [-0.25, -0.2) is 0 Å². The molecule has 6 nitrogen and oxygen atoms in total. The highest BCUT2D eigenvalue weighted by molar-refractivity contribution is 5.75. The van der Waals surface area contributed by atoms with E-state index in [4.69, 9.17) is 0 Å². The number of aromatic nitrogens is 4. The third kappa shape index (κ3) is 3.94. The molecule has 2 atom stereocenters. The zero-order valence-electron chi connectivity index (χ0n) is 13.7. The van der Waals surface area contributed by atoms with Gasteiger partial charge in [0, 0.05) is 11.6 Å². The zero-order valence-corrected chi connectivity index (χ0v) is 13.7. The van der Waals surface area contributed by atoms with Crippen LogP contribution in [0.5, 0.6) is 0 Å². The summed E-state index contributed by atoms with van der Waals surface area (Å²) < 4.78 is 0. The van der Waals surface area contributed by atoms with Crippen LogP contribution < -0.4 is 5.32 Å². The molecule has 0 saturated heterocycles. The number of hydrogen-bond acceptors (Lipinski definition) is 4. The first-order valence-electron chi connectivity index (χ1n) is 8.26. The number of rotatable bonds is 4. The molecule has 23 heavy (non-hydrogen) atoms. The number of amides is 1. The lowest BCUT2D eigenvalue weighted by molar-refractivity contribution is -0.123. The molecule has 1 aliphatic carbocycles. The van der Waals surface area contributed by atoms with Crippen LogP contribution in [0.25, 0.3) is 11.4 Å². The predicted molar refractivity (Wildman–Crippen MR) is 87.6 cm³/mol. The third-order valence-corrected chi connectivity index (χ3v) is 4.51. The number of carbonyl (C=O) groups excluding carboxylic acids is 1. The first kappa shape index (κ1) is 15.6. The Hall–Kier alpha value is -2.24. The molecule has 3 rings (SSSR count). The van der Waals surface area contributed by atoms with Crippen LogP contribution >= 0.6 is 0 Å². The Labute approximate surface area is 136 Å². The molecule has 122 valence electrons. The Balaban J connectivity index is 1.60. The third-order valence-electron chi connectivity index (χ3n) is 4.51. The van der Waals surface area contributed by atoms with E-state index < -0.39 is 0 Å². The van der Waals surface area contributed by atoms with Crippen LogP contribution in [0.2, 0.25) is 0 Å². The van der Waals surface area contributed by atoms with Gasteiger partial charge in [0.1, 0.15) is 6.54 Å². The summed E-state index contributed by atoms with van der Waals surface area (Å²) in [6.07, 6.45) is 4.70. The molecule has 0 spiro atoms. The minimum Gasteiger partial charge on any atom is -0.351 e. The summed E-state index contributed by atoms with van der Waals surface area (Å²) >= 11 is 0. The van der Waals surface area contributed by atoms with Gasteiger partial charge in [0.2, 0.25) is 11.7 Å². The van der Waals surface area contributed by atoms with Crippen molar-refractivity contribution >= 4 is 5.91 Å². The predicted octanol–water partition coefficient (Wildman–Crippen LogP) is 2.34. The Morgan fingerprint density at radius 2 is 2.00 bits per heavy atom. The van der Waals surface area contributed by atoms with Crippen LogP contribution in [-0.2, 0) is 11.3 Å². The highest BCUT2D eigenvalue weighted by Crippen LogP contribution is 2.23. The lowest BCUT2D eigenvalue weighted by atomic mass is 9.86. The average Bonchev–Trinajstić information content (AvgIpc) is 2.98. The lowest BCUT2D eigenvalue weighted by Crippen LogP contribution is -2.42. The summed E-state index contributed by atoms with van der Waals surface area (Å²) in [5, 5.41) is 15.4. The van der Waals surface area contributed by atoms with E-state index in [2.05, 4.69) is 27.7 Å². The maximum atomic E-state index is 12.2. The van der Waals surface area contributed by atoms with Crippen LogP contribution in [-0.4, -0.2) is 32.2 Å². The van der Waals surface area contributed by atoms with Crippen LogP contribution in [0.1, 0.15) is 38.2 Å². The van der Waals surface area contributed by atoms with E-state index >= 15 is 0 Å². The van der Waals surface area contributed by atoms with Gasteiger partial charge < -0.3 is 5.32 Å². The second kappa shape index (κ2) is 6.89. The molecule has 6 heteroatoms. The molecule has 2 aromatic rings. The van der Waals surface area contributed by atoms with Crippen molar-refractivity contribution in [2.45, 2.75) is 52.1 Å². The van der Waals surface area contributed by atoms with E-state index in [1.165, 1.54) is 29.6 Å². The summed E-state index contributed by atoms with van der Waals surface area (Å²) in [4.78, 5) is 13.5. The van der Waals surface area contributed by atoms with Crippen molar-refractivity contribution in [3.8, 4) is 11.4 Å². The molecule has 0 bridgehead atoms. The van der Waals surface area contributed by atoms with E-state index in [1.807, 2.05) is 31.2 Å². The van der Waals surface area contributed by atoms with Crippen molar-refractivity contribution < 1.29 is 4.79 Å². The van der Waals surface area contributed by atoms with Crippen LogP contribution in [0.3, 0.4) is 0 Å². The highest BCUT2D eigenvalue weighted by Gasteiger charge is 2.23. The molecule has 0 radical (unpaired) electrons. The van der Waals surface area contributed by atoms with Crippen LogP contribution in [0.15, 0.2) is 24.3 Å². The first-order valence-corrected chi connectivity index (χ1v) is 8.26. The Kier molecular flexibility index (Phi) is 4.69. The number of nitrogens with one attached hydrogen (secondary N) is 1. The molecule has 1 N–H and O–H groups in total. The average molecular weight is 313 g/mol. The number of carbonyl (C=O) groups is 1. The monoisotopic (exact) mass is 313 g/mol. The van der Waals surface area contributed by atoms with Gasteiger partial charge in [0.05, 0.1) is 0 Å². The Morgan fingerprint density at radius 3 is 2.74 bits per heavy atom.